The van der Waals surface area contributed by atoms with Gasteiger partial charge in [0.2, 0.25) is 15.9 Å². The van der Waals surface area contributed by atoms with Gasteiger partial charge in [0, 0.05) is 13.1 Å². The first-order valence-electron chi connectivity index (χ1n) is 8.16. The fourth-order valence-corrected chi connectivity index (χ4v) is 3.18. The molecule has 0 aliphatic carbocycles. The number of amides is 3. The zero-order valence-electron chi connectivity index (χ0n) is 14.5. The van der Waals surface area contributed by atoms with E-state index in [1.165, 1.54) is 12.1 Å². The van der Waals surface area contributed by atoms with Crippen LogP contribution in [0.2, 0.25) is 0 Å². The molecule has 0 aromatic heterocycles. The van der Waals surface area contributed by atoms with Gasteiger partial charge < -0.3 is 16.4 Å². The van der Waals surface area contributed by atoms with Gasteiger partial charge in [0.1, 0.15) is 6.04 Å². The number of sulfonamides is 1. The number of nitrogens with one attached hydrogen (secondary N) is 3. The average Bonchev–Trinajstić information content (AvgIpc) is 2.55. The fraction of sp³-hybridized carbons (Fsp3) is 0.500. The highest BCUT2D eigenvalue weighted by Gasteiger charge is 2.19. The molecular weight excluding hydrogens is 344 g/mol. The summed E-state index contributed by atoms with van der Waals surface area (Å²) in [7, 11) is -3.62. The Morgan fingerprint density at radius 1 is 1.16 bits per heavy atom. The van der Waals surface area contributed by atoms with Crippen molar-refractivity contribution in [3.63, 3.8) is 0 Å². The smallest absolute Gasteiger partial charge is 0.312 e. The predicted molar refractivity (Wildman–Crippen MR) is 95.4 cm³/mol. The molecule has 0 heterocycles. The maximum Gasteiger partial charge on any atom is 0.312 e. The normalized spacial score (nSPS) is 12.4. The molecule has 3 amide bonds. The minimum Gasteiger partial charge on any atom is -0.353 e. The largest absolute Gasteiger partial charge is 0.353 e. The monoisotopic (exact) mass is 370 g/mol. The summed E-state index contributed by atoms with van der Waals surface area (Å²) in [5.41, 5.74) is 6.03. The van der Waals surface area contributed by atoms with E-state index in [2.05, 4.69) is 15.4 Å². The molecule has 1 rings (SSSR count). The zero-order valence-corrected chi connectivity index (χ0v) is 15.4. The van der Waals surface area contributed by atoms with Crippen molar-refractivity contribution in [2.45, 2.75) is 44.0 Å². The quantitative estimate of drug-likeness (QED) is 0.450. The highest BCUT2D eigenvalue weighted by molar-refractivity contribution is 7.89. The molecule has 1 aromatic rings. The minimum atomic E-state index is -3.62. The van der Waals surface area contributed by atoms with Gasteiger partial charge >= 0.3 is 6.03 Å². The van der Waals surface area contributed by atoms with E-state index in [-0.39, 0.29) is 23.9 Å². The second-order valence-electron chi connectivity index (χ2n) is 5.71. The van der Waals surface area contributed by atoms with Crippen molar-refractivity contribution in [3.8, 4) is 0 Å². The van der Waals surface area contributed by atoms with Crippen molar-refractivity contribution < 1.29 is 18.0 Å². The van der Waals surface area contributed by atoms with Gasteiger partial charge in [-0.25, -0.2) is 17.9 Å². The molecule has 9 heteroatoms. The third-order valence-electron chi connectivity index (χ3n) is 3.53. The first-order chi connectivity index (χ1) is 11.8. The van der Waals surface area contributed by atoms with E-state index in [0.717, 1.165) is 18.4 Å². The van der Waals surface area contributed by atoms with Crippen LogP contribution in [0.1, 0.15) is 31.7 Å². The second-order valence-corrected chi connectivity index (χ2v) is 7.47. The molecule has 0 saturated carbocycles. The first kappa shape index (κ1) is 20.9. The van der Waals surface area contributed by atoms with Crippen LogP contribution in [0.4, 0.5) is 4.79 Å². The fourth-order valence-electron chi connectivity index (χ4n) is 2.14. The Kier molecular flexibility index (Phi) is 8.36. The summed E-state index contributed by atoms with van der Waals surface area (Å²) in [4.78, 5) is 23.2. The number of rotatable bonds is 10. The lowest BCUT2D eigenvalue weighted by Gasteiger charge is -2.17. The summed E-state index contributed by atoms with van der Waals surface area (Å²) in [6, 6.07) is 4.98. The number of carbonyl (C=O) groups excluding carboxylic acids is 2. The Hall–Kier alpha value is -2.13. The van der Waals surface area contributed by atoms with Crippen LogP contribution in [-0.2, 0) is 14.8 Å². The molecule has 0 aliphatic heterocycles. The van der Waals surface area contributed by atoms with E-state index >= 15 is 0 Å². The Bertz CT molecular complexity index is 674. The van der Waals surface area contributed by atoms with Gasteiger partial charge in [-0.2, -0.15) is 0 Å². The molecular formula is C16H26N4O4S. The van der Waals surface area contributed by atoms with Crippen molar-refractivity contribution in [1.29, 1.82) is 0 Å². The Morgan fingerprint density at radius 3 is 2.36 bits per heavy atom. The summed E-state index contributed by atoms with van der Waals surface area (Å²) in [5, 5.41) is 4.98. The van der Waals surface area contributed by atoms with Gasteiger partial charge in [0.25, 0.3) is 0 Å². The number of nitrogens with two attached hydrogens (primary N) is 1. The molecule has 1 unspecified atom stereocenters. The van der Waals surface area contributed by atoms with Gasteiger partial charge in [-0.3, -0.25) is 4.79 Å². The number of urea groups is 1. The van der Waals surface area contributed by atoms with Crippen LogP contribution in [-0.4, -0.2) is 39.5 Å². The standard InChI is InChI=1S/C16H26N4O4S/c1-3-4-5-14(20-16(17)22)15(21)18-10-11-19-25(23,24)13-8-6-12(2)7-9-13/h6-9,14,19H,3-5,10-11H2,1-2H3,(H,18,21)(H3,17,20,22). The van der Waals surface area contributed by atoms with Gasteiger partial charge in [-0.05, 0) is 25.5 Å². The molecule has 1 atom stereocenters. The van der Waals surface area contributed by atoms with E-state index in [1.54, 1.807) is 12.1 Å². The molecule has 5 N–H and O–H groups in total. The molecule has 0 saturated heterocycles. The number of carbonyl (C=O) groups is 2. The molecule has 0 spiro atoms. The average molecular weight is 370 g/mol. The van der Waals surface area contributed by atoms with Crippen molar-refractivity contribution >= 4 is 22.0 Å². The summed E-state index contributed by atoms with van der Waals surface area (Å²) >= 11 is 0. The van der Waals surface area contributed by atoms with Crippen molar-refractivity contribution in [3.05, 3.63) is 29.8 Å². The van der Waals surface area contributed by atoms with E-state index in [1.807, 2.05) is 13.8 Å². The van der Waals surface area contributed by atoms with Gasteiger partial charge in [0.05, 0.1) is 4.90 Å². The second kappa shape index (κ2) is 10.00. The topological polar surface area (TPSA) is 130 Å². The van der Waals surface area contributed by atoms with Crippen LogP contribution >= 0.6 is 0 Å². The highest BCUT2D eigenvalue weighted by Crippen LogP contribution is 2.09. The lowest BCUT2D eigenvalue weighted by atomic mass is 10.1. The van der Waals surface area contributed by atoms with Gasteiger partial charge in [-0.1, -0.05) is 37.5 Å². The summed E-state index contributed by atoms with van der Waals surface area (Å²) in [5.74, 6) is -0.387. The number of benzene rings is 1. The lowest BCUT2D eigenvalue weighted by molar-refractivity contribution is -0.123. The highest BCUT2D eigenvalue weighted by atomic mass is 32.2. The number of hydrogen-bond acceptors (Lipinski definition) is 4. The zero-order chi connectivity index (χ0) is 18.9. The predicted octanol–water partition coefficient (Wildman–Crippen LogP) is 0.617. The molecule has 1 aromatic carbocycles. The van der Waals surface area contributed by atoms with Crippen molar-refractivity contribution in [2.75, 3.05) is 13.1 Å². The third kappa shape index (κ3) is 7.53. The summed E-state index contributed by atoms with van der Waals surface area (Å²) < 4.78 is 26.6. The van der Waals surface area contributed by atoms with Gasteiger partial charge in [-0.15, -0.1) is 0 Å². The molecule has 0 bridgehead atoms. The minimum absolute atomic E-state index is 0.0407. The number of hydrogen-bond donors (Lipinski definition) is 4. The number of unbranched alkanes of at least 4 members (excludes halogenated alkanes) is 1. The molecule has 140 valence electrons. The maximum absolute atomic E-state index is 12.1. The van der Waals surface area contributed by atoms with E-state index in [9.17, 15) is 18.0 Å². The molecule has 0 aliphatic rings. The number of aryl methyl sites for hydroxylation is 1. The molecule has 0 fully saturated rings. The molecule has 8 nitrogen and oxygen atoms in total. The van der Waals surface area contributed by atoms with Gasteiger partial charge in [0.15, 0.2) is 0 Å². The summed E-state index contributed by atoms with van der Waals surface area (Å²) in [6.45, 7) is 3.99. The van der Waals surface area contributed by atoms with Crippen LogP contribution in [0.5, 0.6) is 0 Å². The molecule has 0 radical (unpaired) electrons. The SMILES string of the molecule is CCCCC(NC(N)=O)C(=O)NCCNS(=O)(=O)c1ccc(C)cc1. The first-order valence-corrected chi connectivity index (χ1v) is 9.64. The third-order valence-corrected chi connectivity index (χ3v) is 5.00. The van der Waals surface area contributed by atoms with Crippen LogP contribution in [0.3, 0.4) is 0 Å². The van der Waals surface area contributed by atoms with E-state index in [0.29, 0.717) is 6.42 Å². The van der Waals surface area contributed by atoms with Crippen molar-refractivity contribution in [2.24, 2.45) is 5.73 Å². The van der Waals surface area contributed by atoms with Crippen LogP contribution in [0, 0.1) is 6.92 Å². The summed E-state index contributed by atoms with van der Waals surface area (Å²) in [6.07, 6.45) is 2.11. The van der Waals surface area contributed by atoms with E-state index < -0.39 is 22.1 Å². The maximum atomic E-state index is 12.1. The Morgan fingerprint density at radius 2 is 1.80 bits per heavy atom. The van der Waals surface area contributed by atoms with E-state index in [4.69, 9.17) is 5.73 Å². The molecule has 25 heavy (non-hydrogen) atoms. The van der Waals surface area contributed by atoms with Crippen LogP contribution in [0.15, 0.2) is 29.2 Å². The van der Waals surface area contributed by atoms with Crippen molar-refractivity contribution in [1.82, 2.24) is 15.4 Å². The van der Waals surface area contributed by atoms with Crippen LogP contribution < -0.4 is 21.1 Å². The number of primary amides is 1. The lowest BCUT2D eigenvalue weighted by Crippen LogP contribution is -2.49. The Labute approximate surface area is 148 Å². The van der Waals surface area contributed by atoms with Crippen LogP contribution in [0.25, 0.3) is 0 Å². The Balaban J connectivity index is 2.48.